The fourth-order valence-corrected chi connectivity index (χ4v) is 5.37. The standard InChI is InChI=1S/C22H29OP/c1-4-5-6-13-18-22(2,3)21(23)24(19-14-9-7-10-15-19)20-16-11-8-12-17-20/h7-12,14-17H,4-6,13,18H2,1-3H3. The molecular formula is C22H29OP. The predicted molar refractivity (Wildman–Crippen MR) is 107 cm³/mol. The van der Waals surface area contributed by atoms with Crippen LogP contribution in [0.25, 0.3) is 0 Å². The normalized spacial score (nSPS) is 11.7. The lowest BCUT2D eigenvalue weighted by atomic mass is 9.88. The van der Waals surface area contributed by atoms with Gasteiger partial charge in [0, 0.05) is 13.3 Å². The van der Waals surface area contributed by atoms with Crippen LogP contribution in [0.2, 0.25) is 0 Å². The molecule has 2 aromatic carbocycles. The average molecular weight is 340 g/mol. The van der Waals surface area contributed by atoms with E-state index >= 15 is 0 Å². The van der Waals surface area contributed by atoms with Gasteiger partial charge in [0.25, 0.3) is 0 Å². The topological polar surface area (TPSA) is 17.1 Å². The van der Waals surface area contributed by atoms with Crippen molar-refractivity contribution in [2.24, 2.45) is 5.41 Å². The lowest BCUT2D eigenvalue weighted by Gasteiger charge is -2.29. The van der Waals surface area contributed by atoms with Gasteiger partial charge in [0.15, 0.2) is 5.52 Å². The van der Waals surface area contributed by atoms with Crippen molar-refractivity contribution < 1.29 is 4.79 Å². The third-order valence-corrected chi connectivity index (χ3v) is 7.11. The molecule has 0 bridgehead atoms. The van der Waals surface area contributed by atoms with E-state index in [-0.39, 0.29) is 5.41 Å². The number of hydrogen-bond donors (Lipinski definition) is 0. The molecule has 0 aliphatic rings. The lowest BCUT2D eigenvalue weighted by Crippen LogP contribution is -2.29. The highest BCUT2D eigenvalue weighted by molar-refractivity contribution is 7.87. The zero-order valence-corrected chi connectivity index (χ0v) is 16.1. The predicted octanol–water partition coefficient (Wildman–Crippen LogP) is 5.64. The van der Waals surface area contributed by atoms with Crippen molar-refractivity contribution in [1.82, 2.24) is 0 Å². The van der Waals surface area contributed by atoms with Gasteiger partial charge in [-0.25, -0.2) is 0 Å². The van der Waals surface area contributed by atoms with E-state index in [2.05, 4.69) is 45.0 Å². The Hall–Kier alpha value is -1.46. The smallest absolute Gasteiger partial charge is 0.168 e. The molecule has 0 aromatic heterocycles. The summed E-state index contributed by atoms with van der Waals surface area (Å²) >= 11 is 0. The minimum Gasteiger partial charge on any atom is -0.293 e. The SMILES string of the molecule is CCCCCCC(C)(C)C(=O)P(c1ccccc1)c1ccccc1. The number of benzene rings is 2. The molecule has 0 N–H and O–H groups in total. The molecule has 0 heterocycles. The Bertz CT molecular complexity index is 579. The third kappa shape index (κ3) is 5.02. The first kappa shape index (κ1) is 18.9. The first-order valence-corrected chi connectivity index (χ1v) is 10.3. The Balaban J connectivity index is 2.25. The molecule has 1 nitrogen and oxygen atoms in total. The second-order valence-electron chi connectivity index (χ2n) is 7.01. The molecule has 2 aromatic rings. The molecule has 0 aliphatic heterocycles. The van der Waals surface area contributed by atoms with E-state index < -0.39 is 7.92 Å². The summed E-state index contributed by atoms with van der Waals surface area (Å²) in [6.45, 7) is 6.48. The highest BCUT2D eigenvalue weighted by atomic mass is 31.1. The minimum absolute atomic E-state index is 0.273. The van der Waals surface area contributed by atoms with E-state index in [1.807, 2.05) is 36.4 Å². The van der Waals surface area contributed by atoms with E-state index in [0.717, 1.165) is 23.5 Å². The summed E-state index contributed by atoms with van der Waals surface area (Å²) in [5.41, 5.74) is 0.122. The highest BCUT2D eigenvalue weighted by Gasteiger charge is 2.34. The fraction of sp³-hybridized carbons (Fsp3) is 0.409. The van der Waals surface area contributed by atoms with Crippen LogP contribution >= 0.6 is 7.92 Å². The first-order chi connectivity index (χ1) is 11.6. The highest BCUT2D eigenvalue weighted by Crippen LogP contribution is 2.44. The molecule has 0 atom stereocenters. The molecule has 0 radical (unpaired) electrons. The molecule has 2 rings (SSSR count). The van der Waals surface area contributed by atoms with Gasteiger partial charge in [-0.1, -0.05) is 107 Å². The summed E-state index contributed by atoms with van der Waals surface area (Å²) in [5.74, 6) is 0. The Morgan fingerprint density at radius 1 is 0.833 bits per heavy atom. The van der Waals surface area contributed by atoms with Crippen LogP contribution in [0.4, 0.5) is 0 Å². The molecule has 0 spiro atoms. The minimum atomic E-state index is -0.963. The largest absolute Gasteiger partial charge is 0.293 e. The van der Waals surface area contributed by atoms with Crippen LogP contribution in [0.3, 0.4) is 0 Å². The van der Waals surface area contributed by atoms with E-state index in [1.165, 1.54) is 19.3 Å². The van der Waals surface area contributed by atoms with Crippen LogP contribution in [-0.4, -0.2) is 5.52 Å². The number of unbranched alkanes of at least 4 members (excludes halogenated alkanes) is 3. The van der Waals surface area contributed by atoms with Crippen LogP contribution in [0.5, 0.6) is 0 Å². The third-order valence-electron chi connectivity index (χ3n) is 4.47. The van der Waals surface area contributed by atoms with Crippen molar-refractivity contribution >= 4 is 24.1 Å². The van der Waals surface area contributed by atoms with Gasteiger partial charge in [-0.05, 0) is 17.0 Å². The Labute approximate surface area is 148 Å². The average Bonchev–Trinajstić information content (AvgIpc) is 2.61. The first-order valence-electron chi connectivity index (χ1n) is 9.01. The maximum absolute atomic E-state index is 13.5. The van der Waals surface area contributed by atoms with Gasteiger partial charge in [-0.15, -0.1) is 0 Å². The second-order valence-corrected chi connectivity index (χ2v) is 9.12. The van der Waals surface area contributed by atoms with E-state index in [4.69, 9.17) is 0 Å². The van der Waals surface area contributed by atoms with Gasteiger partial charge in [0.1, 0.15) is 0 Å². The van der Waals surface area contributed by atoms with Crippen molar-refractivity contribution in [3.05, 3.63) is 60.7 Å². The monoisotopic (exact) mass is 340 g/mol. The molecule has 0 unspecified atom stereocenters. The van der Waals surface area contributed by atoms with Crippen LogP contribution in [0, 0.1) is 5.41 Å². The van der Waals surface area contributed by atoms with Crippen LogP contribution in [-0.2, 0) is 4.79 Å². The Morgan fingerprint density at radius 2 is 1.33 bits per heavy atom. The van der Waals surface area contributed by atoms with Gasteiger partial charge < -0.3 is 0 Å². The zero-order valence-electron chi connectivity index (χ0n) is 15.2. The molecule has 0 amide bonds. The number of hydrogen-bond acceptors (Lipinski definition) is 1. The molecule has 128 valence electrons. The molecule has 0 aliphatic carbocycles. The summed E-state index contributed by atoms with van der Waals surface area (Å²) in [6, 6.07) is 20.6. The van der Waals surface area contributed by atoms with Gasteiger partial charge >= 0.3 is 0 Å². The number of carbonyl (C=O) groups is 1. The van der Waals surface area contributed by atoms with Crippen molar-refractivity contribution in [3.8, 4) is 0 Å². The lowest BCUT2D eigenvalue weighted by molar-refractivity contribution is -0.118. The number of rotatable bonds is 9. The second kappa shape index (κ2) is 9.14. The quantitative estimate of drug-likeness (QED) is 0.426. The summed E-state index contributed by atoms with van der Waals surface area (Å²) in [4.78, 5) is 13.5. The number of carbonyl (C=O) groups excluding carboxylic acids is 1. The van der Waals surface area contributed by atoms with Crippen molar-refractivity contribution in [3.63, 3.8) is 0 Å². The van der Waals surface area contributed by atoms with Crippen LogP contribution in [0.15, 0.2) is 60.7 Å². The maximum Gasteiger partial charge on any atom is 0.168 e. The van der Waals surface area contributed by atoms with Crippen LogP contribution in [0.1, 0.15) is 52.9 Å². The van der Waals surface area contributed by atoms with E-state index in [0.29, 0.717) is 5.52 Å². The summed E-state index contributed by atoms with van der Waals surface area (Å²) in [6.07, 6.45) is 5.83. The molecular weight excluding hydrogens is 311 g/mol. The Morgan fingerprint density at radius 3 is 1.79 bits per heavy atom. The van der Waals surface area contributed by atoms with Crippen LogP contribution < -0.4 is 10.6 Å². The van der Waals surface area contributed by atoms with E-state index in [1.54, 1.807) is 0 Å². The van der Waals surface area contributed by atoms with Crippen molar-refractivity contribution in [2.45, 2.75) is 52.9 Å². The van der Waals surface area contributed by atoms with Gasteiger partial charge in [0.2, 0.25) is 0 Å². The van der Waals surface area contributed by atoms with Crippen molar-refractivity contribution in [2.75, 3.05) is 0 Å². The summed E-state index contributed by atoms with van der Waals surface area (Å²) < 4.78 is 0. The van der Waals surface area contributed by atoms with Gasteiger partial charge in [0.05, 0.1) is 0 Å². The zero-order chi connectivity index (χ0) is 17.4. The van der Waals surface area contributed by atoms with Gasteiger partial charge in [-0.3, -0.25) is 4.79 Å². The Kier molecular flexibility index (Phi) is 7.18. The molecule has 2 heteroatoms. The molecule has 0 fully saturated rings. The molecule has 0 saturated heterocycles. The van der Waals surface area contributed by atoms with Crippen molar-refractivity contribution in [1.29, 1.82) is 0 Å². The maximum atomic E-state index is 13.5. The molecule has 0 saturated carbocycles. The summed E-state index contributed by atoms with van der Waals surface area (Å²) in [7, 11) is -0.963. The summed E-state index contributed by atoms with van der Waals surface area (Å²) in [5, 5.41) is 2.32. The fourth-order valence-electron chi connectivity index (χ4n) is 2.94. The van der Waals surface area contributed by atoms with Gasteiger partial charge in [-0.2, -0.15) is 0 Å². The van der Waals surface area contributed by atoms with E-state index in [9.17, 15) is 4.79 Å². The molecule has 24 heavy (non-hydrogen) atoms.